The van der Waals surface area contributed by atoms with E-state index in [0.717, 1.165) is 5.92 Å². The van der Waals surface area contributed by atoms with E-state index in [1.54, 1.807) is 10.8 Å². The zero-order valence-corrected chi connectivity index (χ0v) is 14.7. The molecule has 1 fully saturated rings. The van der Waals surface area contributed by atoms with E-state index in [2.05, 4.69) is 66.7 Å². The minimum atomic E-state index is -0.597. The second-order valence-corrected chi connectivity index (χ2v) is 9.72. The molecule has 2 aliphatic rings. The molecule has 1 heteroatoms. The van der Waals surface area contributed by atoms with Crippen LogP contribution in [0.15, 0.2) is 60.7 Å². The van der Waals surface area contributed by atoms with Crippen molar-refractivity contribution in [2.45, 2.75) is 43.7 Å². The highest BCUT2D eigenvalue weighted by Gasteiger charge is 2.31. The summed E-state index contributed by atoms with van der Waals surface area (Å²) in [4.78, 5) is 0. The molecule has 2 aromatic rings. The Morgan fingerprint density at radius 2 is 1.57 bits per heavy atom. The van der Waals surface area contributed by atoms with Crippen LogP contribution in [0.5, 0.6) is 0 Å². The van der Waals surface area contributed by atoms with Gasteiger partial charge in [-0.15, -0.1) is 0 Å². The first-order valence-electron chi connectivity index (χ1n) is 9.10. The van der Waals surface area contributed by atoms with Crippen molar-refractivity contribution >= 4 is 20.1 Å². The lowest BCUT2D eigenvalue weighted by molar-refractivity contribution is 0.383. The van der Waals surface area contributed by atoms with Crippen molar-refractivity contribution in [3.8, 4) is 0 Å². The van der Waals surface area contributed by atoms with Crippen LogP contribution in [0.4, 0.5) is 0 Å². The summed E-state index contributed by atoms with van der Waals surface area (Å²) in [5, 5.41) is 1.62. The van der Waals surface area contributed by atoms with Gasteiger partial charge in [0.1, 0.15) is 0 Å². The van der Waals surface area contributed by atoms with Crippen LogP contribution in [-0.2, 0) is 0 Å². The first-order chi connectivity index (χ1) is 11.4. The molecule has 4 rings (SSSR count). The van der Waals surface area contributed by atoms with Crippen molar-refractivity contribution in [1.29, 1.82) is 0 Å². The summed E-state index contributed by atoms with van der Waals surface area (Å²) >= 11 is 0. The van der Waals surface area contributed by atoms with E-state index < -0.39 is 8.80 Å². The van der Waals surface area contributed by atoms with Gasteiger partial charge in [0, 0.05) is 5.54 Å². The minimum Gasteiger partial charge on any atom is -0.0789 e. The lowest BCUT2D eigenvalue weighted by Crippen LogP contribution is -2.37. The third-order valence-electron chi connectivity index (χ3n) is 5.55. The summed E-state index contributed by atoms with van der Waals surface area (Å²) in [5.41, 5.74) is 3.67. The topological polar surface area (TPSA) is 0 Å². The number of benzene rings is 2. The minimum absolute atomic E-state index is 0.597. The zero-order valence-electron chi connectivity index (χ0n) is 13.7. The monoisotopic (exact) mass is 317 g/mol. The summed E-state index contributed by atoms with van der Waals surface area (Å²) in [7, 11) is -0.597. The van der Waals surface area contributed by atoms with Gasteiger partial charge in [0.15, 0.2) is 0 Å². The Morgan fingerprint density at radius 1 is 0.826 bits per heavy atom. The molecule has 0 bridgehead atoms. The largest absolute Gasteiger partial charge is 0.0979 e. The maximum absolute atomic E-state index is 2.49. The molecule has 2 aliphatic carbocycles. The molecular formula is C22H25Si. The highest BCUT2D eigenvalue weighted by Crippen LogP contribution is 2.36. The number of allylic oxidation sites excluding steroid dienone is 1. The van der Waals surface area contributed by atoms with Gasteiger partial charge in [0.25, 0.3) is 0 Å². The van der Waals surface area contributed by atoms with Crippen molar-refractivity contribution in [2.75, 3.05) is 0 Å². The molecule has 1 atom stereocenters. The second-order valence-electron chi connectivity index (χ2n) is 7.07. The van der Waals surface area contributed by atoms with Gasteiger partial charge in [-0.05, 0) is 17.0 Å². The van der Waals surface area contributed by atoms with E-state index >= 15 is 0 Å². The van der Waals surface area contributed by atoms with Crippen LogP contribution < -0.4 is 5.19 Å². The van der Waals surface area contributed by atoms with Crippen molar-refractivity contribution in [3.63, 3.8) is 0 Å². The molecule has 0 nitrogen and oxygen atoms in total. The van der Waals surface area contributed by atoms with Crippen LogP contribution in [0.3, 0.4) is 0 Å². The predicted octanol–water partition coefficient (Wildman–Crippen LogP) is 5.32. The van der Waals surface area contributed by atoms with E-state index in [1.807, 2.05) is 0 Å². The van der Waals surface area contributed by atoms with Crippen molar-refractivity contribution < 1.29 is 0 Å². The molecule has 1 unspecified atom stereocenters. The highest BCUT2D eigenvalue weighted by atomic mass is 28.3. The number of hydrogen-bond acceptors (Lipinski definition) is 0. The maximum atomic E-state index is 2.49. The van der Waals surface area contributed by atoms with E-state index in [1.165, 1.54) is 43.7 Å². The number of fused-ring (bicyclic) bond motifs is 1. The normalized spacial score (nSPS) is 20.8. The zero-order chi connectivity index (χ0) is 15.5. The average Bonchev–Trinajstić information content (AvgIpc) is 3.05. The van der Waals surface area contributed by atoms with E-state index in [0.29, 0.717) is 5.54 Å². The van der Waals surface area contributed by atoms with Gasteiger partial charge < -0.3 is 0 Å². The van der Waals surface area contributed by atoms with Gasteiger partial charge in [0.05, 0.1) is 8.80 Å². The van der Waals surface area contributed by atoms with Gasteiger partial charge in [-0.2, -0.15) is 0 Å². The Labute approximate surface area is 141 Å². The Bertz CT molecular complexity index is 667. The summed E-state index contributed by atoms with van der Waals surface area (Å²) in [6, 6.07) is 21.8. The number of rotatable bonds is 4. The van der Waals surface area contributed by atoms with E-state index in [9.17, 15) is 0 Å². The summed E-state index contributed by atoms with van der Waals surface area (Å²) in [6.07, 6.45) is 12.1. The van der Waals surface area contributed by atoms with Gasteiger partial charge in [-0.1, -0.05) is 110 Å². The Kier molecular flexibility index (Phi) is 4.47. The standard InChI is InChI=1S/C22H25Si/c1-3-9-18(10-4-1)17-23(20-12-5-2-6-13-20)22-16-15-19-11-7-8-14-21(19)22/h2,5-8,11-16,18,22H,1,3-4,9-10,17H2. The number of hydrogen-bond donors (Lipinski definition) is 0. The molecule has 1 saturated carbocycles. The lowest BCUT2D eigenvalue weighted by Gasteiger charge is -2.29. The first-order valence-corrected chi connectivity index (χ1v) is 10.9. The van der Waals surface area contributed by atoms with Crippen LogP contribution in [0.1, 0.15) is 48.8 Å². The van der Waals surface area contributed by atoms with Crippen molar-refractivity contribution in [2.24, 2.45) is 5.92 Å². The predicted molar refractivity (Wildman–Crippen MR) is 101 cm³/mol. The molecule has 117 valence electrons. The summed E-state index contributed by atoms with van der Waals surface area (Å²) < 4.78 is 0. The van der Waals surface area contributed by atoms with E-state index in [4.69, 9.17) is 0 Å². The van der Waals surface area contributed by atoms with Gasteiger partial charge in [-0.25, -0.2) is 0 Å². The molecule has 0 spiro atoms. The molecule has 0 amide bonds. The quantitative estimate of drug-likeness (QED) is 0.670. The highest BCUT2D eigenvalue weighted by molar-refractivity contribution is 6.75. The molecule has 0 saturated heterocycles. The van der Waals surface area contributed by atoms with Crippen LogP contribution in [-0.4, -0.2) is 8.80 Å². The summed E-state index contributed by atoms with van der Waals surface area (Å²) in [6.45, 7) is 0. The fraction of sp³-hybridized carbons (Fsp3) is 0.364. The Balaban J connectivity index is 1.64. The molecule has 0 N–H and O–H groups in total. The fourth-order valence-corrected chi connectivity index (χ4v) is 7.80. The average molecular weight is 318 g/mol. The molecule has 0 aliphatic heterocycles. The lowest BCUT2D eigenvalue weighted by atomic mass is 9.91. The van der Waals surface area contributed by atoms with Crippen LogP contribution in [0.25, 0.3) is 6.08 Å². The Hall–Kier alpha value is -1.60. The molecule has 1 radical (unpaired) electrons. The van der Waals surface area contributed by atoms with Gasteiger partial charge >= 0.3 is 0 Å². The van der Waals surface area contributed by atoms with E-state index in [-0.39, 0.29) is 0 Å². The molecule has 23 heavy (non-hydrogen) atoms. The SMILES string of the molecule is C1=CC([Si](CC2CCCCC2)c2ccccc2)c2ccccc21. The van der Waals surface area contributed by atoms with Crippen LogP contribution in [0, 0.1) is 5.92 Å². The van der Waals surface area contributed by atoms with Crippen LogP contribution in [0.2, 0.25) is 6.04 Å². The summed E-state index contributed by atoms with van der Waals surface area (Å²) in [5.74, 6) is 0.957. The third-order valence-corrected chi connectivity index (χ3v) is 8.90. The Morgan fingerprint density at radius 3 is 2.39 bits per heavy atom. The van der Waals surface area contributed by atoms with Crippen molar-refractivity contribution in [1.82, 2.24) is 0 Å². The van der Waals surface area contributed by atoms with Gasteiger partial charge in [0.2, 0.25) is 0 Å². The van der Waals surface area contributed by atoms with Gasteiger partial charge in [-0.3, -0.25) is 0 Å². The molecular weight excluding hydrogens is 292 g/mol. The second kappa shape index (κ2) is 6.88. The first kappa shape index (κ1) is 15.0. The fourth-order valence-electron chi connectivity index (χ4n) is 4.33. The van der Waals surface area contributed by atoms with Crippen molar-refractivity contribution in [3.05, 3.63) is 71.8 Å². The molecule has 0 heterocycles. The molecule has 0 aromatic heterocycles. The smallest absolute Gasteiger partial charge is 0.0789 e. The maximum Gasteiger partial charge on any atom is 0.0979 e. The third kappa shape index (κ3) is 3.21. The molecule has 2 aromatic carbocycles. The van der Waals surface area contributed by atoms with Crippen LogP contribution >= 0.6 is 0 Å².